The first-order valence-corrected chi connectivity index (χ1v) is 6.77. The molecule has 2 nitrogen and oxygen atoms in total. The van der Waals surface area contributed by atoms with Gasteiger partial charge in [-0.3, -0.25) is 0 Å². The smallest absolute Gasteiger partial charge is 0.165 e. The van der Waals surface area contributed by atoms with E-state index >= 15 is 0 Å². The van der Waals surface area contributed by atoms with Crippen LogP contribution in [0.1, 0.15) is 31.2 Å². The first-order chi connectivity index (χ1) is 8.70. The minimum atomic E-state index is -0.276. The van der Waals surface area contributed by atoms with E-state index in [9.17, 15) is 4.39 Å². The van der Waals surface area contributed by atoms with Gasteiger partial charge in [-0.05, 0) is 50.4 Å². The lowest BCUT2D eigenvalue weighted by Crippen LogP contribution is -2.37. The number of benzene rings is 1. The van der Waals surface area contributed by atoms with Crippen molar-refractivity contribution in [3.05, 3.63) is 29.6 Å². The van der Waals surface area contributed by atoms with E-state index in [1.54, 1.807) is 12.1 Å². The summed E-state index contributed by atoms with van der Waals surface area (Å²) in [5.41, 5.74) is 1.02. The van der Waals surface area contributed by atoms with Gasteiger partial charge < -0.3 is 10.1 Å². The fourth-order valence-electron chi connectivity index (χ4n) is 2.72. The van der Waals surface area contributed by atoms with Gasteiger partial charge in [0.2, 0.25) is 0 Å². The van der Waals surface area contributed by atoms with E-state index in [4.69, 9.17) is 4.74 Å². The second kappa shape index (κ2) is 6.19. The maximum atomic E-state index is 13.6. The molecule has 0 amide bonds. The Bertz CT molecular complexity index is 388. The number of rotatable bonds is 5. The third kappa shape index (κ3) is 3.22. The van der Waals surface area contributed by atoms with Crippen LogP contribution in [-0.4, -0.2) is 19.7 Å². The first kappa shape index (κ1) is 13.3. The van der Waals surface area contributed by atoms with E-state index in [0.29, 0.717) is 24.3 Å². The predicted octanol–water partition coefficient (Wildman–Crippen LogP) is 3.29. The second-order valence-electron chi connectivity index (χ2n) is 5.18. The molecule has 1 N–H and O–H groups in total. The lowest BCUT2D eigenvalue weighted by Gasteiger charge is -2.23. The molecule has 0 heterocycles. The number of nitrogens with one attached hydrogen (secondary N) is 1. The van der Waals surface area contributed by atoms with E-state index in [1.807, 2.05) is 14.0 Å². The zero-order valence-electron chi connectivity index (χ0n) is 11.2. The van der Waals surface area contributed by atoms with E-state index in [0.717, 1.165) is 5.56 Å². The third-order valence-corrected chi connectivity index (χ3v) is 3.84. The molecule has 1 atom stereocenters. The highest BCUT2D eigenvalue weighted by Gasteiger charge is 2.24. The monoisotopic (exact) mass is 251 g/mol. The standard InChI is InChI=1S/C15H22FNO/c1-11-7-8-13(16)15(9-11)18-10-14(17-2)12-5-3-4-6-12/h7-9,12,14,17H,3-6,10H2,1-2H3. The second-order valence-corrected chi connectivity index (χ2v) is 5.18. The summed E-state index contributed by atoms with van der Waals surface area (Å²) >= 11 is 0. The fraction of sp³-hybridized carbons (Fsp3) is 0.600. The van der Waals surface area contributed by atoms with Gasteiger partial charge in [-0.15, -0.1) is 0 Å². The SMILES string of the molecule is CNC(COc1cc(C)ccc1F)C1CCCC1. The Labute approximate surface area is 109 Å². The molecule has 1 unspecified atom stereocenters. The number of ether oxygens (including phenoxy) is 1. The average molecular weight is 251 g/mol. The fourth-order valence-corrected chi connectivity index (χ4v) is 2.72. The number of hydrogen-bond donors (Lipinski definition) is 1. The molecule has 18 heavy (non-hydrogen) atoms. The van der Waals surface area contributed by atoms with Crippen molar-refractivity contribution in [3.63, 3.8) is 0 Å². The van der Waals surface area contributed by atoms with Gasteiger partial charge in [0.15, 0.2) is 11.6 Å². The quantitative estimate of drug-likeness (QED) is 0.867. The molecule has 1 saturated carbocycles. The zero-order valence-corrected chi connectivity index (χ0v) is 11.2. The Morgan fingerprint density at radius 1 is 1.39 bits per heavy atom. The number of aryl methyl sites for hydroxylation is 1. The minimum Gasteiger partial charge on any atom is -0.489 e. The third-order valence-electron chi connectivity index (χ3n) is 3.84. The van der Waals surface area contributed by atoms with E-state index in [-0.39, 0.29) is 5.82 Å². The van der Waals surface area contributed by atoms with Crippen LogP contribution in [0.3, 0.4) is 0 Å². The molecule has 3 heteroatoms. The summed E-state index contributed by atoms with van der Waals surface area (Å²) in [6, 6.07) is 5.31. The van der Waals surface area contributed by atoms with Crippen LogP contribution >= 0.6 is 0 Å². The molecule has 2 rings (SSSR count). The Hall–Kier alpha value is -1.09. The Morgan fingerprint density at radius 2 is 2.11 bits per heavy atom. The molecule has 0 spiro atoms. The van der Waals surface area contributed by atoms with E-state index in [2.05, 4.69) is 5.32 Å². The van der Waals surface area contributed by atoms with Crippen LogP contribution in [0.15, 0.2) is 18.2 Å². The van der Waals surface area contributed by atoms with Crippen LogP contribution < -0.4 is 10.1 Å². The summed E-state index contributed by atoms with van der Waals surface area (Å²) in [5.74, 6) is 0.762. The summed E-state index contributed by atoms with van der Waals surface area (Å²) in [6.45, 7) is 2.49. The number of likely N-dealkylation sites (N-methyl/N-ethyl adjacent to an activating group) is 1. The maximum absolute atomic E-state index is 13.6. The van der Waals surface area contributed by atoms with Gasteiger partial charge in [0.1, 0.15) is 6.61 Å². The molecule has 0 radical (unpaired) electrons. The summed E-state index contributed by atoms with van der Waals surface area (Å²) in [7, 11) is 1.96. The van der Waals surface area contributed by atoms with Gasteiger partial charge in [-0.2, -0.15) is 0 Å². The van der Waals surface area contributed by atoms with Crippen LogP contribution in [0.4, 0.5) is 4.39 Å². The van der Waals surface area contributed by atoms with Gasteiger partial charge in [-0.25, -0.2) is 4.39 Å². The van der Waals surface area contributed by atoms with Crippen molar-refractivity contribution in [3.8, 4) is 5.75 Å². The highest BCUT2D eigenvalue weighted by molar-refractivity contribution is 5.29. The van der Waals surface area contributed by atoms with Crippen molar-refractivity contribution < 1.29 is 9.13 Å². The van der Waals surface area contributed by atoms with Crippen molar-refractivity contribution in [1.82, 2.24) is 5.32 Å². The molecule has 100 valence electrons. The normalized spacial score (nSPS) is 17.9. The maximum Gasteiger partial charge on any atom is 0.165 e. The lowest BCUT2D eigenvalue weighted by atomic mass is 9.99. The van der Waals surface area contributed by atoms with Crippen LogP contribution in [-0.2, 0) is 0 Å². The van der Waals surface area contributed by atoms with Gasteiger partial charge >= 0.3 is 0 Å². The van der Waals surface area contributed by atoms with Crippen molar-refractivity contribution in [2.75, 3.05) is 13.7 Å². The van der Waals surface area contributed by atoms with E-state index < -0.39 is 0 Å². The van der Waals surface area contributed by atoms with Crippen molar-refractivity contribution in [1.29, 1.82) is 0 Å². The first-order valence-electron chi connectivity index (χ1n) is 6.77. The molecule has 0 bridgehead atoms. The van der Waals surface area contributed by atoms with Crippen molar-refractivity contribution in [2.45, 2.75) is 38.6 Å². The van der Waals surface area contributed by atoms with Crippen LogP contribution in [0.2, 0.25) is 0 Å². The van der Waals surface area contributed by atoms with E-state index in [1.165, 1.54) is 31.7 Å². The summed E-state index contributed by atoms with van der Waals surface area (Å²) < 4.78 is 19.2. The molecular formula is C15H22FNO. The van der Waals surface area contributed by atoms with Gasteiger partial charge in [-0.1, -0.05) is 18.9 Å². The highest BCUT2D eigenvalue weighted by atomic mass is 19.1. The number of hydrogen-bond acceptors (Lipinski definition) is 2. The molecule has 1 aromatic carbocycles. The topological polar surface area (TPSA) is 21.3 Å². The molecule has 1 aliphatic rings. The molecule has 1 aromatic rings. The number of halogens is 1. The average Bonchev–Trinajstić information content (AvgIpc) is 2.88. The van der Waals surface area contributed by atoms with Crippen LogP contribution in [0, 0.1) is 18.7 Å². The predicted molar refractivity (Wildman–Crippen MR) is 71.4 cm³/mol. The molecule has 0 aromatic heterocycles. The molecule has 1 aliphatic carbocycles. The largest absolute Gasteiger partial charge is 0.489 e. The molecule has 1 fully saturated rings. The minimum absolute atomic E-state index is 0.276. The van der Waals surface area contributed by atoms with Crippen molar-refractivity contribution >= 4 is 0 Å². The van der Waals surface area contributed by atoms with Crippen LogP contribution in [0.5, 0.6) is 5.75 Å². The van der Waals surface area contributed by atoms with Gasteiger partial charge in [0.25, 0.3) is 0 Å². The highest BCUT2D eigenvalue weighted by Crippen LogP contribution is 2.28. The Morgan fingerprint density at radius 3 is 2.78 bits per heavy atom. The molecular weight excluding hydrogens is 229 g/mol. The Balaban J connectivity index is 1.94. The summed E-state index contributed by atoms with van der Waals surface area (Å²) in [6.07, 6.45) is 5.12. The van der Waals surface area contributed by atoms with Crippen LogP contribution in [0.25, 0.3) is 0 Å². The van der Waals surface area contributed by atoms with Crippen molar-refractivity contribution in [2.24, 2.45) is 5.92 Å². The molecule has 0 aliphatic heterocycles. The summed E-state index contributed by atoms with van der Waals surface area (Å²) in [5, 5.41) is 3.30. The van der Waals surface area contributed by atoms with Gasteiger partial charge in [0.05, 0.1) is 0 Å². The Kier molecular flexibility index (Phi) is 4.59. The molecule has 0 saturated heterocycles. The lowest BCUT2D eigenvalue weighted by molar-refractivity contribution is 0.217. The van der Waals surface area contributed by atoms with Gasteiger partial charge in [0, 0.05) is 6.04 Å². The summed E-state index contributed by atoms with van der Waals surface area (Å²) in [4.78, 5) is 0. The zero-order chi connectivity index (χ0) is 13.0.